The Bertz CT molecular complexity index is 871. The predicted molar refractivity (Wildman–Crippen MR) is 116 cm³/mol. The van der Waals surface area contributed by atoms with Crippen LogP contribution in [0.5, 0.6) is 0 Å². The minimum Gasteiger partial charge on any atom is -0.383 e. The van der Waals surface area contributed by atoms with Gasteiger partial charge in [0.25, 0.3) is 0 Å². The number of hydrogen-bond donors (Lipinski definition) is 1. The minimum absolute atomic E-state index is 0.690. The zero-order chi connectivity index (χ0) is 18.9. The van der Waals surface area contributed by atoms with Crippen LogP contribution in [0, 0.1) is 5.92 Å². The van der Waals surface area contributed by atoms with Crippen LogP contribution in [0.25, 0.3) is 10.8 Å². The minimum atomic E-state index is 0.690. The van der Waals surface area contributed by atoms with Crippen LogP contribution in [-0.4, -0.2) is 6.54 Å². The highest BCUT2D eigenvalue weighted by Gasteiger charge is 2.10. The van der Waals surface area contributed by atoms with Gasteiger partial charge >= 0.3 is 0 Å². The first-order chi connectivity index (χ1) is 13.3. The lowest BCUT2D eigenvalue weighted by atomic mass is 9.99. The van der Waals surface area contributed by atoms with E-state index in [2.05, 4.69) is 65.8 Å². The summed E-state index contributed by atoms with van der Waals surface area (Å²) in [4.78, 5) is 0. The van der Waals surface area contributed by atoms with E-state index in [1.54, 1.807) is 0 Å². The lowest BCUT2D eigenvalue weighted by Gasteiger charge is -2.17. The van der Waals surface area contributed by atoms with Gasteiger partial charge in [0.2, 0.25) is 0 Å². The first-order valence-electron chi connectivity index (χ1n) is 10.0. The molecule has 0 heterocycles. The summed E-state index contributed by atoms with van der Waals surface area (Å²) in [5, 5.41) is 15.1. The normalized spacial score (nSPS) is 12.5. The van der Waals surface area contributed by atoms with E-state index in [-0.39, 0.29) is 0 Å². The lowest BCUT2D eigenvalue weighted by Crippen LogP contribution is -2.13. The summed E-state index contributed by atoms with van der Waals surface area (Å²) in [7, 11) is 0. The van der Waals surface area contributed by atoms with Crippen LogP contribution in [-0.2, 0) is 0 Å². The molecule has 0 radical (unpaired) electrons. The fourth-order valence-electron chi connectivity index (χ4n) is 3.31. The Morgan fingerprint density at radius 1 is 0.852 bits per heavy atom. The van der Waals surface area contributed by atoms with E-state index in [9.17, 15) is 0 Å². The maximum Gasteiger partial charge on any atom is 0.117 e. The van der Waals surface area contributed by atoms with Crippen molar-refractivity contribution in [1.29, 1.82) is 0 Å². The van der Waals surface area contributed by atoms with Crippen LogP contribution in [0.2, 0.25) is 0 Å². The second-order valence-electron chi connectivity index (χ2n) is 7.02. The fraction of sp³-hybridized carbons (Fsp3) is 0.333. The van der Waals surface area contributed by atoms with Crippen LogP contribution in [0.4, 0.5) is 17.1 Å². The topological polar surface area (TPSA) is 36.8 Å². The summed E-state index contributed by atoms with van der Waals surface area (Å²) < 4.78 is 0. The average Bonchev–Trinajstić information content (AvgIpc) is 2.73. The monoisotopic (exact) mass is 359 g/mol. The van der Waals surface area contributed by atoms with Crippen molar-refractivity contribution in [2.24, 2.45) is 16.1 Å². The van der Waals surface area contributed by atoms with Crippen molar-refractivity contribution < 1.29 is 0 Å². The van der Waals surface area contributed by atoms with Crippen LogP contribution < -0.4 is 5.32 Å². The number of anilines is 1. The molecule has 1 N–H and O–H groups in total. The Morgan fingerprint density at radius 3 is 2.41 bits per heavy atom. The summed E-state index contributed by atoms with van der Waals surface area (Å²) in [6, 6.07) is 22.6. The molecule has 0 saturated heterocycles. The van der Waals surface area contributed by atoms with Gasteiger partial charge in [-0.05, 0) is 35.9 Å². The summed E-state index contributed by atoms with van der Waals surface area (Å²) >= 11 is 0. The molecule has 1 atom stereocenters. The van der Waals surface area contributed by atoms with Gasteiger partial charge in [-0.25, -0.2) is 0 Å². The maximum absolute atomic E-state index is 4.63. The number of azo groups is 1. The SMILES string of the molecule is CCCCC(CC)CNc1ccc2ccccc2c1N=Nc1ccccc1. The number of fused-ring (bicyclic) bond motifs is 1. The Kier molecular flexibility index (Phi) is 6.97. The summed E-state index contributed by atoms with van der Waals surface area (Å²) in [6.45, 7) is 5.51. The van der Waals surface area contributed by atoms with Crippen molar-refractivity contribution >= 4 is 27.8 Å². The molecule has 3 aromatic rings. The molecule has 0 aromatic heterocycles. The molecule has 1 unspecified atom stereocenters. The van der Waals surface area contributed by atoms with Crippen molar-refractivity contribution in [1.82, 2.24) is 0 Å². The molecular formula is C24H29N3. The zero-order valence-electron chi connectivity index (χ0n) is 16.4. The molecule has 3 nitrogen and oxygen atoms in total. The molecular weight excluding hydrogens is 330 g/mol. The molecule has 0 aliphatic rings. The smallest absolute Gasteiger partial charge is 0.117 e. The largest absolute Gasteiger partial charge is 0.383 e. The van der Waals surface area contributed by atoms with Crippen LogP contribution in [0.3, 0.4) is 0 Å². The molecule has 0 aliphatic carbocycles. The molecule has 3 rings (SSSR count). The standard InChI is InChI=1S/C24H29N3/c1-3-5-11-19(4-2)18-25-23-17-16-20-12-9-10-15-22(20)24(23)27-26-21-13-7-6-8-14-21/h6-10,12-17,19,25H,3-5,11,18H2,1-2H3. The highest BCUT2D eigenvalue weighted by atomic mass is 15.1. The van der Waals surface area contributed by atoms with Gasteiger partial charge in [-0.1, -0.05) is 81.6 Å². The van der Waals surface area contributed by atoms with Crippen molar-refractivity contribution in [3.63, 3.8) is 0 Å². The fourth-order valence-corrected chi connectivity index (χ4v) is 3.31. The van der Waals surface area contributed by atoms with Gasteiger partial charge in [0.05, 0.1) is 11.4 Å². The number of unbranched alkanes of at least 4 members (excludes halogenated alkanes) is 1. The summed E-state index contributed by atoms with van der Waals surface area (Å²) in [6.07, 6.45) is 5.01. The van der Waals surface area contributed by atoms with E-state index in [1.165, 1.54) is 31.1 Å². The molecule has 140 valence electrons. The van der Waals surface area contributed by atoms with Crippen LogP contribution >= 0.6 is 0 Å². The molecule has 0 bridgehead atoms. The first kappa shape index (κ1) is 19.1. The van der Waals surface area contributed by atoms with E-state index in [0.29, 0.717) is 5.92 Å². The van der Waals surface area contributed by atoms with Gasteiger partial charge in [-0.15, -0.1) is 5.11 Å². The highest BCUT2D eigenvalue weighted by molar-refractivity contribution is 5.98. The first-order valence-corrected chi connectivity index (χ1v) is 10.0. The van der Waals surface area contributed by atoms with E-state index >= 15 is 0 Å². The van der Waals surface area contributed by atoms with Gasteiger partial charge in [0.1, 0.15) is 5.69 Å². The third kappa shape index (κ3) is 5.16. The second kappa shape index (κ2) is 9.86. The molecule has 3 aromatic carbocycles. The zero-order valence-corrected chi connectivity index (χ0v) is 16.4. The van der Waals surface area contributed by atoms with E-state index in [0.717, 1.165) is 29.0 Å². The van der Waals surface area contributed by atoms with E-state index < -0.39 is 0 Å². The van der Waals surface area contributed by atoms with Crippen molar-refractivity contribution in [3.8, 4) is 0 Å². The molecule has 0 amide bonds. The predicted octanol–water partition coefficient (Wildman–Crippen LogP) is 7.88. The molecule has 27 heavy (non-hydrogen) atoms. The Labute approximate surface area is 162 Å². The van der Waals surface area contributed by atoms with Gasteiger partial charge in [-0.2, -0.15) is 5.11 Å². The number of hydrogen-bond acceptors (Lipinski definition) is 3. The number of nitrogens with zero attached hydrogens (tertiary/aromatic N) is 2. The van der Waals surface area contributed by atoms with Gasteiger partial charge in [0, 0.05) is 11.9 Å². The average molecular weight is 360 g/mol. The number of rotatable bonds is 9. The lowest BCUT2D eigenvalue weighted by molar-refractivity contribution is 0.473. The summed E-state index contributed by atoms with van der Waals surface area (Å²) in [5.41, 5.74) is 2.84. The Morgan fingerprint density at radius 2 is 1.63 bits per heavy atom. The Hall–Kier alpha value is -2.68. The highest BCUT2D eigenvalue weighted by Crippen LogP contribution is 2.35. The molecule has 3 heteroatoms. The molecule has 0 fully saturated rings. The van der Waals surface area contributed by atoms with Crippen molar-refractivity contribution in [3.05, 3.63) is 66.7 Å². The third-order valence-corrected chi connectivity index (χ3v) is 5.05. The number of nitrogens with one attached hydrogen (secondary N) is 1. The summed E-state index contributed by atoms with van der Waals surface area (Å²) in [5.74, 6) is 0.690. The van der Waals surface area contributed by atoms with E-state index in [4.69, 9.17) is 0 Å². The molecule has 0 saturated carbocycles. The van der Waals surface area contributed by atoms with Gasteiger partial charge in [-0.3, -0.25) is 0 Å². The van der Waals surface area contributed by atoms with E-state index in [1.807, 2.05) is 30.3 Å². The Balaban J connectivity index is 1.88. The van der Waals surface area contributed by atoms with Crippen LogP contribution in [0.1, 0.15) is 39.5 Å². The van der Waals surface area contributed by atoms with Gasteiger partial charge < -0.3 is 5.32 Å². The number of benzene rings is 3. The van der Waals surface area contributed by atoms with Crippen molar-refractivity contribution in [2.45, 2.75) is 39.5 Å². The molecule has 0 aliphatic heterocycles. The molecule has 0 spiro atoms. The van der Waals surface area contributed by atoms with Gasteiger partial charge in [0.15, 0.2) is 0 Å². The maximum atomic E-state index is 4.63. The quantitative estimate of drug-likeness (QED) is 0.387. The third-order valence-electron chi connectivity index (χ3n) is 5.05. The van der Waals surface area contributed by atoms with Crippen LogP contribution in [0.15, 0.2) is 77.0 Å². The van der Waals surface area contributed by atoms with Crippen molar-refractivity contribution in [2.75, 3.05) is 11.9 Å². The second-order valence-corrected chi connectivity index (χ2v) is 7.02.